The monoisotopic (exact) mass is 252 g/mol. The Morgan fingerprint density at radius 3 is 2.58 bits per heavy atom. The maximum Gasteiger partial charge on any atom is 0.0978 e. The van der Waals surface area contributed by atoms with Crippen LogP contribution < -0.4 is 0 Å². The second kappa shape index (κ2) is 7.73. The molecule has 0 aromatic carbocycles. The number of ether oxygens (including phenoxy) is 1. The van der Waals surface area contributed by atoms with Crippen molar-refractivity contribution in [2.24, 2.45) is 0 Å². The summed E-state index contributed by atoms with van der Waals surface area (Å²) in [6, 6.07) is 3.86. The summed E-state index contributed by atoms with van der Waals surface area (Å²) < 4.78 is 4.25. The van der Waals surface area contributed by atoms with E-state index in [1.165, 1.54) is 0 Å². The molecule has 0 amide bonds. The Balaban J connectivity index is 0.000000354. The van der Waals surface area contributed by atoms with Crippen LogP contribution in [-0.4, -0.2) is 24.7 Å². The van der Waals surface area contributed by atoms with Crippen LogP contribution in [0.15, 0.2) is 17.5 Å². The van der Waals surface area contributed by atoms with Crippen molar-refractivity contribution >= 4 is 27.3 Å². The Bertz CT molecular complexity index is 177. The van der Waals surface area contributed by atoms with Crippen molar-refractivity contribution in [2.45, 2.75) is 6.10 Å². The van der Waals surface area contributed by atoms with E-state index in [9.17, 15) is 5.11 Å². The quantitative estimate of drug-likeness (QED) is 0.820. The maximum atomic E-state index is 9.18. The molecule has 0 saturated heterocycles. The molecule has 0 spiro atoms. The molecule has 1 N–H and O–H groups in total. The summed E-state index contributed by atoms with van der Waals surface area (Å²) in [5, 5.41) is 11.8. The molecule has 2 nitrogen and oxygen atoms in total. The lowest BCUT2D eigenvalue weighted by atomic mass is 10.3. The third-order valence-electron chi connectivity index (χ3n) is 1.02. The van der Waals surface area contributed by atoms with E-state index >= 15 is 0 Å². The topological polar surface area (TPSA) is 29.5 Å². The van der Waals surface area contributed by atoms with Gasteiger partial charge in [0.2, 0.25) is 0 Å². The van der Waals surface area contributed by atoms with Crippen LogP contribution in [0.25, 0.3) is 0 Å². The van der Waals surface area contributed by atoms with Gasteiger partial charge in [-0.2, -0.15) is 0 Å². The first-order chi connectivity index (χ1) is 5.76. The molecule has 0 aliphatic heterocycles. The highest BCUT2D eigenvalue weighted by molar-refractivity contribution is 9.09. The van der Waals surface area contributed by atoms with Crippen molar-refractivity contribution in [3.63, 3.8) is 0 Å². The fourth-order valence-corrected chi connectivity index (χ4v) is 1.83. The molecule has 0 aliphatic carbocycles. The van der Waals surface area contributed by atoms with Crippen molar-refractivity contribution in [1.29, 1.82) is 0 Å². The number of aliphatic hydroxyl groups excluding tert-OH is 1. The summed E-state index contributed by atoms with van der Waals surface area (Å²) in [4.78, 5) is 1.02. The molecule has 4 heteroatoms. The number of thiophene rings is 1. The lowest BCUT2D eigenvalue weighted by molar-refractivity contribution is 0.209. The van der Waals surface area contributed by atoms with Crippen molar-refractivity contribution in [2.75, 3.05) is 19.5 Å². The molecular weight excluding hydrogens is 240 g/mol. The highest BCUT2D eigenvalue weighted by Crippen LogP contribution is 2.19. The average Bonchev–Trinajstić information content (AvgIpc) is 2.56. The first-order valence-electron chi connectivity index (χ1n) is 3.43. The number of halogens is 1. The second-order valence-electron chi connectivity index (χ2n) is 2.09. The van der Waals surface area contributed by atoms with Gasteiger partial charge >= 0.3 is 0 Å². The molecule has 1 aromatic rings. The van der Waals surface area contributed by atoms with Gasteiger partial charge in [0.1, 0.15) is 0 Å². The molecule has 0 fully saturated rings. The number of alkyl halides is 1. The van der Waals surface area contributed by atoms with Crippen LogP contribution in [0.5, 0.6) is 0 Å². The highest BCUT2D eigenvalue weighted by atomic mass is 79.9. The predicted molar refractivity (Wildman–Crippen MR) is 56.0 cm³/mol. The van der Waals surface area contributed by atoms with Crippen LogP contribution in [0, 0.1) is 0 Å². The van der Waals surface area contributed by atoms with Crippen LogP contribution in [0.1, 0.15) is 11.0 Å². The molecule has 0 saturated carbocycles. The number of methoxy groups -OCH3 is 1. The fourth-order valence-electron chi connectivity index (χ4n) is 0.557. The van der Waals surface area contributed by atoms with E-state index in [1.807, 2.05) is 17.5 Å². The highest BCUT2D eigenvalue weighted by Gasteiger charge is 2.04. The smallest absolute Gasteiger partial charge is 0.0978 e. The van der Waals surface area contributed by atoms with Crippen molar-refractivity contribution < 1.29 is 9.84 Å². The molecule has 1 aromatic heterocycles. The Morgan fingerprint density at radius 1 is 1.67 bits per heavy atom. The van der Waals surface area contributed by atoms with Crippen molar-refractivity contribution in [3.8, 4) is 0 Å². The Labute approximate surface area is 85.3 Å². The predicted octanol–water partition coefficient (Wildman–Crippen LogP) is 2.44. The molecule has 0 bridgehead atoms. The van der Waals surface area contributed by atoms with Crippen molar-refractivity contribution in [1.82, 2.24) is 0 Å². The summed E-state index contributed by atoms with van der Waals surface area (Å²) in [6.45, 7) is 0. The lowest BCUT2D eigenvalue weighted by Gasteiger charge is -2.00. The van der Waals surface area contributed by atoms with E-state index < -0.39 is 0 Å². The standard InChI is InChI=1S/C6H7BrOS.C2H6O/c7-4-5(8)6-2-1-3-9-6;1-3-2/h1-3,5,8H,4H2;1-2H3. The van der Waals surface area contributed by atoms with Gasteiger partial charge in [-0.25, -0.2) is 0 Å². The summed E-state index contributed by atoms with van der Waals surface area (Å²) in [6.07, 6.45) is -0.329. The summed E-state index contributed by atoms with van der Waals surface area (Å²) in [5.41, 5.74) is 0. The number of aliphatic hydroxyl groups is 1. The van der Waals surface area contributed by atoms with Gasteiger partial charge < -0.3 is 9.84 Å². The Morgan fingerprint density at radius 2 is 2.25 bits per heavy atom. The normalized spacial score (nSPS) is 11.7. The SMILES string of the molecule is COC.OC(CBr)c1cccs1. The zero-order chi connectivity index (χ0) is 9.40. The first-order valence-corrected chi connectivity index (χ1v) is 5.44. The van der Waals surface area contributed by atoms with Gasteiger partial charge in [-0.05, 0) is 11.4 Å². The van der Waals surface area contributed by atoms with Crippen LogP contribution in [0.4, 0.5) is 0 Å². The van der Waals surface area contributed by atoms with Crippen LogP contribution in [-0.2, 0) is 4.74 Å². The van der Waals surface area contributed by atoms with E-state index in [4.69, 9.17) is 0 Å². The second-order valence-corrected chi connectivity index (χ2v) is 3.72. The number of hydrogen-bond acceptors (Lipinski definition) is 3. The molecule has 70 valence electrons. The zero-order valence-electron chi connectivity index (χ0n) is 7.16. The van der Waals surface area contributed by atoms with E-state index in [1.54, 1.807) is 25.6 Å². The molecular formula is C8H13BrO2S. The molecule has 1 atom stereocenters. The minimum atomic E-state index is -0.329. The first kappa shape index (κ1) is 12.1. The molecule has 1 unspecified atom stereocenters. The maximum absolute atomic E-state index is 9.18. The molecule has 1 heterocycles. The minimum Gasteiger partial charge on any atom is -0.388 e. The van der Waals surface area contributed by atoms with Gasteiger partial charge in [0, 0.05) is 24.4 Å². The van der Waals surface area contributed by atoms with E-state index in [2.05, 4.69) is 20.7 Å². The van der Waals surface area contributed by atoms with E-state index in [-0.39, 0.29) is 6.10 Å². The van der Waals surface area contributed by atoms with Crippen LogP contribution >= 0.6 is 27.3 Å². The molecule has 12 heavy (non-hydrogen) atoms. The molecule has 1 rings (SSSR count). The third-order valence-corrected chi connectivity index (χ3v) is 2.60. The summed E-state index contributed by atoms with van der Waals surface area (Å²) >= 11 is 4.77. The Kier molecular flexibility index (Phi) is 7.80. The summed E-state index contributed by atoms with van der Waals surface area (Å²) in [5.74, 6) is 0. The number of hydrogen-bond donors (Lipinski definition) is 1. The minimum absolute atomic E-state index is 0.329. The van der Waals surface area contributed by atoms with Gasteiger partial charge in [0.05, 0.1) is 6.10 Å². The Hall–Kier alpha value is 0.1000. The van der Waals surface area contributed by atoms with E-state index in [0.29, 0.717) is 5.33 Å². The largest absolute Gasteiger partial charge is 0.388 e. The van der Waals surface area contributed by atoms with Crippen molar-refractivity contribution in [3.05, 3.63) is 22.4 Å². The van der Waals surface area contributed by atoms with Crippen LogP contribution in [0.2, 0.25) is 0 Å². The molecule has 0 radical (unpaired) electrons. The summed E-state index contributed by atoms with van der Waals surface area (Å²) in [7, 11) is 3.25. The van der Waals surface area contributed by atoms with Gasteiger partial charge in [0.15, 0.2) is 0 Å². The zero-order valence-corrected chi connectivity index (χ0v) is 9.56. The van der Waals surface area contributed by atoms with Gasteiger partial charge in [-0.15, -0.1) is 11.3 Å². The number of rotatable bonds is 2. The van der Waals surface area contributed by atoms with E-state index in [0.717, 1.165) is 4.88 Å². The van der Waals surface area contributed by atoms with Gasteiger partial charge in [-0.3, -0.25) is 0 Å². The average molecular weight is 253 g/mol. The van der Waals surface area contributed by atoms with Crippen LogP contribution in [0.3, 0.4) is 0 Å². The lowest BCUT2D eigenvalue weighted by Crippen LogP contribution is -1.93. The van der Waals surface area contributed by atoms with Gasteiger partial charge in [0.25, 0.3) is 0 Å². The van der Waals surface area contributed by atoms with Gasteiger partial charge in [-0.1, -0.05) is 22.0 Å². The molecule has 0 aliphatic rings. The fraction of sp³-hybridized carbons (Fsp3) is 0.500. The third kappa shape index (κ3) is 4.87.